The zero-order chi connectivity index (χ0) is 30.6. The second-order valence-corrected chi connectivity index (χ2v) is 14.0. The van der Waals surface area contributed by atoms with Crippen LogP contribution in [-0.4, -0.2) is 33.0 Å². The van der Waals surface area contributed by atoms with Gasteiger partial charge in [-0.05, 0) is 89.6 Å². The first kappa shape index (κ1) is 29.3. The van der Waals surface area contributed by atoms with Crippen molar-refractivity contribution in [1.29, 1.82) is 0 Å². The van der Waals surface area contributed by atoms with Gasteiger partial charge >= 0.3 is 5.97 Å². The highest BCUT2D eigenvalue weighted by atomic mass is 79.9. The van der Waals surface area contributed by atoms with Gasteiger partial charge in [0.2, 0.25) is 0 Å². The fourth-order valence-electron chi connectivity index (χ4n) is 7.10. The van der Waals surface area contributed by atoms with Gasteiger partial charge in [0.15, 0.2) is 0 Å². The lowest BCUT2D eigenvalue weighted by Crippen LogP contribution is -2.63. The number of benzene rings is 2. The highest BCUT2D eigenvalue weighted by Gasteiger charge is 2.60. The molecule has 2 aromatic carbocycles. The van der Waals surface area contributed by atoms with Crippen molar-refractivity contribution in [3.05, 3.63) is 98.4 Å². The quantitative estimate of drug-likeness (QED) is 0.224. The molecule has 4 aromatic rings. The molecule has 222 valence electrons. The minimum absolute atomic E-state index is 0.200. The van der Waals surface area contributed by atoms with Crippen LogP contribution in [0.25, 0.3) is 22.2 Å². The summed E-state index contributed by atoms with van der Waals surface area (Å²) in [6.07, 6.45) is 4.34. The van der Waals surface area contributed by atoms with Crippen LogP contribution in [0, 0.1) is 12.3 Å². The van der Waals surface area contributed by atoms with Gasteiger partial charge in [-0.3, -0.25) is 14.4 Å². The average molecular weight is 643 g/mol. The molecule has 3 aliphatic carbocycles. The van der Waals surface area contributed by atoms with Gasteiger partial charge in [0.25, 0.3) is 11.5 Å². The van der Waals surface area contributed by atoms with E-state index in [0.717, 1.165) is 32.2 Å². The number of H-pyrrole nitrogens is 1. The Labute approximate surface area is 259 Å². The molecule has 2 N–H and O–H groups in total. The van der Waals surface area contributed by atoms with Crippen LogP contribution in [-0.2, 0) is 9.53 Å². The number of nitrogens with one attached hydrogen (secondary N) is 2. The molecule has 8 heteroatoms. The molecular weight excluding hydrogens is 606 g/mol. The molecule has 7 rings (SSSR count). The van der Waals surface area contributed by atoms with Gasteiger partial charge in [0.05, 0.1) is 22.2 Å². The first-order chi connectivity index (χ1) is 20.4. The summed E-state index contributed by atoms with van der Waals surface area (Å²) in [5.41, 5.74) is 2.14. The molecule has 1 atom stereocenters. The number of aromatic nitrogens is 2. The van der Waals surface area contributed by atoms with Gasteiger partial charge in [-0.2, -0.15) is 0 Å². The van der Waals surface area contributed by atoms with Gasteiger partial charge in [0.1, 0.15) is 5.60 Å². The number of aromatic amines is 1. The lowest BCUT2D eigenvalue weighted by Gasteiger charge is -2.57. The molecule has 3 aliphatic rings. The summed E-state index contributed by atoms with van der Waals surface area (Å²) in [7, 11) is 0. The summed E-state index contributed by atoms with van der Waals surface area (Å²) >= 11 is 3.58. The molecule has 2 bridgehead atoms. The van der Waals surface area contributed by atoms with Crippen LogP contribution in [0.5, 0.6) is 0 Å². The number of carbonyl (C=O) groups excluding carboxylic acids is 2. The molecule has 0 saturated heterocycles. The number of pyridine rings is 2. The zero-order valence-corrected chi connectivity index (χ0v) is 26.5. The maximum atomic E-state index is 14.6. The molecule has 43 heavy (non-hydrogen) atoms. The number of esters is 1. The van der Waals surface area contributed by atoms with E-state index in [-0.39, 0.29) is 23.4 Å². The molecular formula is C35H36BrN3O4. The van der Waals surface area contributed by atoms with Crippen molar-refractivity contribution in [2.75, 3.05) is 0 Å². The normalized spacial score (nSPS) is 23.2. The van der Waals surface area contributed by atoms with E-state index in [9.17, 15) is 14.4 Å². The van der Waals surface area contributed by atoms with E-state index in [1.54, 1.807) is 12.3 Å². The second kappa shape index (κ2) is 10.7. The molecule has 2 aromatic heterocycles. The largest absolute Gasteiger partial charge is 0.460 e. The number of ether oxygens (including phenoxy) is 1. The number of carbonyl (C=O) groups is 2. The average Bonchev–Trinajstić information content (AvgIpc) is 2.97. The molecule has 0 aliphatic heterocycles. The Kier molecular flexibility index (Phi) is 7.32. The molecule has 7 nitrogen and oxygen atoms in total. The Bertz CT molecular complexity index is 1780. The Morgan fingerprint density at radius 3 is 2.42 bits per heavy atom. The smallest absolute Gasteiger partial charge is 0.312 e. The highest BCUT2D eigenvalue weighted by molar-refractivity contribution is 9.10. The summed E-state index contributed by atoms with van der Waals surface area (Å²) in [5, 5.41) is 4.21. The van der Waals surface area contributed by atoms with Crippen molar-refractivity contribution in [2.24, 2.45) is 5.41 Å². The van der Waals surface area contributed by atoms with Crippen molar-refractivity contribution < 1.29 is 14.3 Å². The van der Waals surface area contributed by atoms with Crippen LogP contribution in [0.3, 0.4) is 0 Å². The summed E-state index contributed by atoms with van der Waals surface area (Å²) < 4.78 is 6.75. The molecule has 3 saturated carbocycles. The van der Waals surface area contributed by atoms with Crippen LogP contribution in [0.4, 0.5) is 0 Å². The van der Waals surface area contributed by atoms with Crippen molar-refractivity contribution in [2.45, 2.75) is 76.9 Å². The van der Waals surface area contributed by atoms with E-state index >= 15 is 0 Å². The number of fused-ring (bicyclic) bond motifs is 4. The minimum atomic E-state index is -0.698. The summed E-state index contributed by atoms with van der Waals surface area (Å²) in [6.45, 7) is 7.57. The fourth-order valence-corrected chi connectivity index (χ4v) is 7.47. The third-order valence-corrected chi connectivity index (χ3v) is 9.74. The third-order valence-electron chi connectivity index (χ3n) is 9.24. The Balaban J connectivity index is 1.44. The highest BCUT2D eigenvalue weighted by Crippen LogP contribution is 2.59. The van der Waals surface area contributed by atoms with Crippen molar-refractivity contribution >= 4 is 38.7 Å². The van der Waals surface area contributed by atoms with Crippen molar-refractivity contribution in [3.8, 4) is 11.3 Å². The first-order valence-corrected chi connectivity index (χ1v) is 15.6. The van der Waals surface area contributed by atoms with Crippen molar-refractivity contribution in [3.63, 3.8) is 0 Å². The topological polar surface area (TPSA) is 101 Å². The molecule has 3 fully saturated rings. The van der Waals surface area contributed by atoms with E-state index < -0.39 is 16.6 Å². The number of rotatable bonds is 5. The Hall–Kier alpha value is -3.78. The van der Waals surface area contributed by atoms with E-state index in [1.165, 1.54) is 0 Å². The third kappa shape index (κ3) is 5.30. The summed E-state index contributed by atoms with van der Waals surface area (Å²) in [4.78, 5) is 49.1. The van der Waals surface area contributed by atoms with Crippen LogP contribution in [0.15, 0.2) is 76.1 Å². The number of hydrogen-bond acceptors (Lipinski definition) is 5. The van der Waals surface area contributed by atoms with Crippen LogP contribution >= 0.6 is 15.9 Å². The maximum Gasteiger partial charge on any atom is 0.312 e. The monoisotopic (exact) mass is 641 g/mol. The predicted octanol–water partition coefficient (Wildman–Crippen LogP) is 7.22. The van der Waals surface area contributed by atoms with Gasteiger partial charge in [-0.1, -0.05) is 52.3 Å². The number of amides is 1. The van der Waals surface area contributed by atoms with Crippen LogP contribution < -0.4 is 10.9 Å². The molecule has 0 spiro atoms. The minimum Gasteiger partial charge on any atom is -0.460 e. The lowest BCUT2D eigenvalue weighted by molar-refractivity contribution is -0.176. The van der Waals surface area contributed by atoms with Gasteiger partial charge in [0, 0.05) is 38.6 Å². The van der Waals surface area contributed by atoms with E-state index in [0.29, 0.717) is 43.2 Å². The molecule has 0 radical (unpaired) electrons. The van der Waals surface area contributed by atoms with Crippen LogP contribution in [0.2, 0.25) is 0 Å². The van der Waals surface area contributed by atoms with E-state index in [2.05, 4.69) is 26.2 Å². The van der Waals surface area contributed by atoms with Gasteiger partial charge in [-0.25, -0.2) is 4.98 Å². The second-order valence-electron chi connectivity index (χ2n) is 13.1. The fraction of sp³-hybridized carbons (Fsp3) is 0.371. The summed E-state index contributed by atoms with van der Waals surface area (Å²) in [6, 6.07) is 19.3. The SMILES string of the molecule is Cc1c(-c2ccccc2)nc2ccc(Br)cc2c1C(=O)NC12CCC(C(=O)OC(C)(C)C)(CC1)CC2c1ccc[nH]c1=O. The number of nitrogens with zero attached hydrogens (tertiary/aromatic N) is 1. The lowest BCUT2D eigenvalue weighted by atomic mass is 9.51. The molecule has 1 unspecified atom stereocenters. The van der Waals surface area contributed by atoms with Gasteiger partial charge in [-0.15, -0.1) is 0 Å². The molecule has 1 amide bonds. The summed E-state index contributed by atoms with van der Waals surface area (Å²) in [5.74, 6) is -0.778. The predicted molar refractivity (Wildman–Crippen MR) is 171 cm³/mol. The standard InChI is InChI=1S/C35H36BrN3O4/c1-21-28(25-19-23(36)12-13-27(25)38-29(21)22-9-6-5-7-10-22)31(41)39-35-16-14-34(15-17-35,32(42)43-33(2,3)4)20-26(35)24-11-8-18-37-30(24)40/h5-13,18-19,26H,14-17,20H2,1-4H3,(H,37,40)(H,39,41). The Morgan fingerprint density at radius 1 is 1.02 bits per heavy atom. The van der Waals surface area contributed by atoms with Gasteiger partial charge < -0.3 is 15.0 Å². The zero-order valence-electron chi connectivity index (χ0n) is 24.9. The number of halogens is 1. The van der Waals surface area contributed by atoms with E-state index in [1.807, 2.05) is 82.3 Å². The first-order valence-electron chi connectivity index (χ1n) is 14.8. The maximum absolute atomic E-state index is 14.6. The van der Waals surface area contributed by atoms with Crippen molar-refractivity contribution in [1.82, 2.24) is 15.3 Å². The Morgan fingerprint density at radius 2 is 1.74 bits per heavy atom. The van der Waals surface area contributed by atoms with E-state index in [4.69, 9.17) is 9.72 Å². The number of hydrogen-bond donors (Lipinski definition) is 2. The van der Waals surface area contributed by atoms with Crippen LogP contribution in [0.1, 0.15) is 80.3 Å². The molecule has 2 heterocycles.